The fourth-order valence-electron chi connectivity index (χ4n) is 2.16. The minimum atomic E-state index is -0.390. The van der Waals surface area contributed by atoms with Crippen LogP contribution in [0.1, 0.15) is 5.56 Å². The minimum Gasteiger partial charge on any atom is -0.496 e. The number of nitro groups is 1. The highest BCUT2D eigenvalue weighted by Crippen LogP contribution is 2.37. The Labute approximate surface area is 117 Å². The van der Waals surface area contributed by atoms with E-state index < -0.39 is 4.92 Å². The Balaban J connectivity index is 2.70. The molecule has 2 aromatic rings. The van der Waals surface area contributed by atoms with Crippen molar-refractivity contribution in [3.8, 4) is 16.9 Å². The van der Waals surface area contributed by atoms with Gasteiger partial charge >= 0.3 is 0 Å². The molecule has 0 fully saturated rings. The molecule has 0 saturated heterocycles. The van der Waals surface area contributed by atoms with E-state index >= 15 is 0 Å². The molecule has 0 aliphatic rings. The number of benzene rings is 2. The summed E-state index contributed by atoms with van der Waals surface area (Å²) in [4.78, 5) is 10.7. The maximum absolute atomic E-state index is 11.1. The van der Waals surface area contributed by atoms with Crippen LogP contribution in [0.2, 0.25) is 0 Å². The van der Waals surface area contributed by atoms with Crippen LogP contribution in [0.15, 0.2) is 55.1 Å². The Kier molecular flexibility index (Phi) is 4.15. The van der Waals surface area contributed by atoms with E-state index in [0.29, 0.717) is 12.2 Å². The second kappa shape index (κ2) is 6.02. The molecule has 4 heteroatoms. The molecule has 20 heavy (non-hydrogen) atoms. The van der Waals surface area contributed by atoms with Gasteiger partial charge in [-0.25, -0.2) is 0 Å². The van der Waals surface area contributed by atoms with E-state index in [1.54, 1.807) is 19.3 Å². The summed E-state index contributed by atoms with van der Waals surface area (Å²) in [7, 11) is 1.57. The monoisotopic (exact) mass is 269 g/mol. The molecule has 0 aliphatic heterocycles. The second-order valence-electron chi connectivity index (χ2n) is 4.30. The van der Waals surface area contributed by atoms with Crippen LogP contribution in [-0.2, 0) is 6.42 Å². The van der Waals surface area contributed by atoms with Gasteiger partial charge in [0.25, 0.3) is 5.69 Å². The SMILES string of the molecule is C=CCc1cc([N+](=O)[O-])cc(-c2ccccc2)c1OC. The number of hydrogen-bond donors (Lipinski definition) is 0. The van der Waals surface area contributed by atoms with Gasteiger partial charge in [0.15, 0.2) is 0 Å². The standard InChI is InChI=1S/C16H15NO3/c1-3-7-13-10-14(17(18)19)11-15(16(13)20-2)12-8-5-4-6-9-12/h3-6,8-11H,1,7H2,2H3. The van der Waals surface area contributed by atoms with Gasteiger partial charge in [0.2, 0.25) is 0 Å². The van der Waals surface area contributed by atoms with Gasteiger partial charge in [-0.3, -0.25) is 10.1 Å². The number of nitrogens with zero attached hydrogens (tertiary/aromatic N) is 1. The number of nitro benzene ring substituents is 1. The fraction of sp³-hybridized carbons (Fsp3) is 0.125. The zero-order valence-corrected chi connectivity index (χ0v) is 11.2. The average Bonchev–Trinajstić information content (AvgIpc) is 2.47. The molecular weight excluding hydrogens is 254 g/mol. The number of allylic oxidation sites excluding steroid dienone is 1. The fourth-order valence-corrected chi connectivity index (χ4v) is 2.16. The van der Waals surface area contributed by atoms with Gasteiger partial charge in [0.1, 0.15) is 5.75 Å². The predicted octanol–water partition coefficient (Wildman–Crippen LogP) is 4.00. The van der Waals surface area contributed by atoms with Crippen LogP contribution in [0.25, 0.3) is 11.1 Å². The minimum absolute atomic E-state index is 0.0569. The molecule has 0 unspecified atom stereocenters. The molecule has 0 heterocycles. The summed E-state index contributed by atoms with van der Waals surface area (Å²) < 4.78 is 5.45. The molecule has 0 saturated carbocycles. The molecule has 0 bridgehead atoms. The topological polar surface area (TPSA) is 52.4 Å². The number of rotatable bonds is 5. The molecule has 0 amide bonds. The van der Waals surface area contributed by atoms with E-state index in [1.807, 2.05) is 30.3 Å². The van der Waals surface area contributed by atoms with Gasteiger partial charge in [-0.1, -0.05) is 36.4 Å². The third kappa shape index (κ3) is 2.69. The lowest BCUT2D eigenvalue weighted by Crippen LogP contribution is -1.98. The van der Waals surface area contributed by atoms with Crippen LogP contribution in [0, 0.1) is 10.1 Å². The lowest BCUT2D eigenvalue weighted by Gasteiger charge is -2.13. The van der Waals surface area contributed by atoms with E-state index in [9.17, 15) is 10.1 Å². The third-order valence-corrected chi connectivity index (χ3v) is 3.01. The number of hydrogen-bond acceptors (Lipinski definition) is 3. The van der Waals surface area contributed by atoms with Crippen molar-refractivity contribution in [2.45, 2.75) is 6.42 Å². The first-order valence-corrected chi connectivity index (χ1v) is 6.19. The largest absolute Gasteiger partial charge is 0.496 e. The Morgan fingerprint density at radius 3 is 2.55 bits per heavy atom. The average molecular weight is 269 g/mol. The first-order chi connectivity index (χ1) is 9.67. The van der Waals surface area contributed by atoms with Crippen LogP contribution in [-0.4, -0.2) is 12.0 Å². The number of methoxy groups -OCH3 is 1. The third-order valence-electron chi connectivity index (χ3n) is 3.01. The Bertz CT molecular complexity index is 636. The zero-order valence-electron chi connectivity index (χ0n) is 11.2. The van der Waals surface area contributed by atoms with Crippen molar-refractivity contribution in [1.29, 1.82) is 0 Å². The Morgan fingerprint density at radius 1 is 1.30 bits per heavy atom. The van der Waals surface area contributed by atoms with E-state index in [2.05, 4.69) is 6.58 Å². The van der Waals surface area contributed by atoms with E-state index in [-0.39, 0.29) is 5.69 Å². The van der Waals surface area contributed by atoms with Crippen molar-refractivity contribution in [3.05, 3.63) is 70.8 Å². The van der Waals surface area contributed by atoms with Gasteiger partial charge in [-0.15, -0.1) is 6.58 Å². The summed E-state index contributed by atoms with van der Waals surface area (Å²) in [5, 5.41) is 11.1. The molecule has 2 rings (SSSR count). The first kappa shape index (κ1) is 13.8. The van der Waals surface area contributed by atoms with E-state index in [4.69, 9.17) is 4.74 Å². The van der Waals surface area contributed by atoms with Crippen molar-refractivity contribution in [2.24, 2.45) is 0 Å². The summed E-state index contributed by atoms with van der Waals surface area (Å²) in [6.07, 6.45) is 2.22. The van der Waals surface area contributed by atoms with Gasteiger partial charge < -0.3 is 4.74 Å². The van der Waals surface area contributed by atoms with Crippen molar-refractivity contribution in [2.75, 3.05) is 7.11 Å². The predicted molar refractivity (Wildman–Crippen MR) is 79.0 cm³/mol. The normalized spacial score (nSPS) is 10.1. The van der Waals surface area contributed by atoms with Crippen molar-refractivity contribution >= 4 is 5.69 Å². The smallest absolute Gasteiger partial charge is 0.270 e. The molecule has 102 valence electrons. The summed E-state index contributed by atoms with van der Waals surface area (Å²) >= 11 is 0. The highest BCUT2D eigenvalue weighted by Gasteiger charge is 2.17. The molecule has 2 aromatic carbocycles. The molecule has 0 atom stereocenters. The van der Waals surface area contributed by atoms with Crippen LogP contribution < -0.4 is 4.74 Å². The highest BCUT2D eigenvalue weighted by molar-refractivity contribution is 5.75. The number of non-ortho nitro benzene ring substituents is 1. The Hall–Kier alpha value is -2.62. The van der Waals surface area contributed by atoms with Crippen molar-refractivity contribution in [3.63, 3.8) is 0 Å². The maximum Gasteiger partial charge on any atom is 0.270 e. The zero-order chi connectivity index (χ0) is 14.5. The molecular formula is C16H15NO3. The van der Waals surface area contributed by atoms with E-state index in [0.717, 1.165) is 16.7 Å². The quantitative estimate of drug-likeness (QED) is 0.468. The Morgan fingerprint density at radius 2 is 2.00 bits per heavy atom. The van der Waals surface area contributed by atoms with Crippen LogP contribution in [0.4, 0.5) is 5.69 Å². The van der Waals surface area contributed by atoms with Gasteiger partial charge in [0.05, 0.1) is 12.0 Å². The van der Waals surface area contributed by atoms with Gasteiger partial charge in [-0.2, -0.15) is 0 Å². The molecule has 0 N–H and O–H groups in total. The highest BCUT2D eigenvalue weighted by atomic mass is 16.6. The maximum atomic E-state index is 11.1. The number of ether oxygens (including phenoxy) is 1. The van der Waals surface area contributed by atoms with Crippen LogP contribution in [0.5, 0.6) is 5.75 Å². The van der Waals surface area contributed by atoms with Crippen LogP contribution in [0.3, 0.4) is 0 Å². The summed E-state index contributed by atoms with van der Waals surface area (Å²) in [5.41, 5.74) is 2.43. The van der Waals surface area contributed by atoms with Crippen molar-refractivity contribution < 1.29 is 9.66 Å². The lowest BCUT2D eigenvalue weighted by molar-refractivity contribution is -0.384. The van der Waals surface area contributed by atoms with Crippen molar-refractivity contribution in [1.82, 2.24) is 0 Å². The first-order valence-electron chi connectivity index (χ1n) is 6.19. The molecule has 0 spiro atoms. The summed E-state index contributed by atoms with van der Waals surface area (Å²) in [5.74, 6) is 0.654. The van der Waals surface area contributed by atoms with E-state index in [1.165, 1.54) is 6.07 Å². The van der Waals surface area contributed by atoms with Gasteiger partial charge in [0, 0.05) is 23.3 Å². The molecule has 0 radical (unpaired) electrons. The summed E-state index contributed by atoms with van der Waals surface area (Å²) in [6, 6.07) is 12.6. The lowest BCUT2D eigenvalue weighted by atomic mass is 9.99. The molecule has 0 aromatic heterocycles. The molecule has 0 aliphatic carbocycles. The molecule has 4 nitrogen and oxygen atoms in total. The second-order valence-corrected chi connectivity index (χ2v) is 4.30. The van der Waals surface area contributed by atoms with Crippen LogP contribution >= 0.6 is 0 Å². The summed E-state index contributed by atoms with van der Waals surface area (Å²) in [6.45, 7) is 3.68. The van der Waals surface area contributed by atoms with Gasteiger partial charge in [-0.05, 0) is 12.0 Å².